The maximum absolute atomic E-state index is 9.75. The summed E-state index contributed by atoms with van der Waals surface area (Å²) in [5.74, 6) is 0. The van der Waals surface area contributed by atoms with Crippen molar-refractivity contribution in [2.24, 2.45) is 7.05 Å². The summed E-state index contributed by atoms with van der Waals surface area (Å²) in [4.78, 5) is 1.27. The van der Waals surface area contributed by atoms with Crippen molar-refractivity contribution in [2.45, 2.75) is 0 Å². The van der Waals surface area contributed by atoms with Crippen LogP contribution in [0.3, 0.4) is 0 Å². The number of halogens is 5. The topological polar surface area (TPSA) is 3.88 Å². The molecule has 0 fully saturated rings. The second-order valence-electron chi connectivity index (χ2n) is 4.44. The molecule has 116 valence electrons. The number of fused-ring (bicyclic) bond motifs is 1. The molecule has 2 aromatic carbocycles. The minimum atomic E-state index is -6.00. The summed E-state index contributed by atoms with van der Waals surface area (Å²) in [5, 5.41) is 2.00. The maximum atomic E-state index is 9.75. The molecule has 0 unspecified atom stereocenters. The van der Waals surface area contributed by atoms with E-state index in [0.29, 0.717) is 0 Å². The molecule has 22 heavy (non-hydrogen) atoms. The van der Waals surface area contributed by atoms with Crippen molar-refractivity contribution in [3.8, 4) is 10.4 Å². The second kappa shape index (κ2) is 6.66. The van der Waals surface area contributed by atoms with Gasteiger partial charge in [-0.1, -0.05) is 41.9 Å². The second-order valence-corrected chi connectivity index (χ2v) is 6.02. The molecule has 3 rings (SSSR count). The van der Waals surface area contributed by atoms with Crippen LogP contribution in [0.1, 0.15) is 0 Å². The number of hydrogen-bond acceptors (Lipinski definition) is 1. The standard InChI is InChI=1S/C14H11ClNS.BF4/c1-16-13-8-7-11(15)9-12(13)14(17-16)10-5-3-2-4-6-10;2-1(3,4)5/h2-9H,1H3;/q+1;-1. The predicted octanol–water partition coefficient (Wildman–Crippen LogP) is 5.35. The van der Waals surface area contributed by atoms with Crippen LogP contribution in [0, 0.1) is 0 Å². The van der Waals surface area contributed by atoms with E-state index in [1.54, 1.807) is 11.5 Å². The quantitative estimate of drug-likeness (QED) is 0.317. The van der Waals surface area contributed by atoms with Gasteiger partial charge in [-0.05, 0) is 17.7 Å². The fraction of sp³-hybridized carbons (Fsp3) is 0.0714. The summed E-state index contributed by atoms with van der Waals surface area (Å²) in [6.45, 7) is 0. The zero-order valence-electron chi connectivity index (χ0n) is 11.4. The smallest absolute Gasteiger partial charge is 0.418 e. The Hall–Kier alpha value is -1.60. The molecule has 1 nitrogen and oxygen atoms in total. The van der Waals surface area contributed by atoms with Crippen LogP contribution in [0.25, 0.3) is 21.3 Å². The molecule has 0 radical (unpaired) electrons. The zero-order valence-corrected chi connectivity index (χ0v) is 13.0. The molecule has 1 heterocycles. The van der Waals surface area contributed by atoms with Crippen molar-refractivity contribution in [3.63, 3.8) is 0 Å². The first-order valence-corrected chi connectivity index (χ1v) is 7.42. The van der Waals surface area contributed by atoms with Gasteiger partial charge < -0.3 is 17.3 Å². The molecule has 0 saturated carbocycles. The summed E-state index contributed by atoms with van der Waals surface area (Å²) >= 11 is 7.83. The molecular formula is C14H11BClF4NS. The van der Waals surface area contributed by atoms with Gasteiger partial charge in [0.2, 0.25) is 5.52 Å². The largest absolute Gasteiger partial charge is 0.673 e. The predicted molar refractivity (Wildman–Crippen MR) is 83.6 cm³/mol. The van der Waals surface area contributed by atoms with Gasteiger partial charge in [0, 0.05) is 11.1 Å². The van der Waals surface area contributed by atoms with Crippen molar-refractivity contribution in [2.75, 3.05) is 0 Å². The van der Waals surface area contributed by atoms with Crippen LogP contribution in [0.15, 0.2) is 48.5 Å². The van der Waals surface area contributed by atoms with Crippen LogP contribution in [0.5, 0.6) is 0 Å². The van der Waals surface area contributed by atoms with Gasteiger partial charge >= 0.3 is 7.25 Å². The van der Waals surface area contributed by atoms with E-state index in [2.05, 4.69) is 41.3 Å². The van der Waals surface area contributed by atoms with E-state index < -0.39 is 7.25 Å². The van der Waals surface area contributed by atoms with Crippen molar-refractivity contribution in [1.82, 2.24) is 0 Å². The molecular weight excluding hydrogens is 336 g/mol. The Morgan fingerprint density at radius 2 is 1.59 bits per heavy atom. The van der Waals surface area contributed by atoms with Gasteiger partial charge in [-0.25, -0.2) is 0 Å². The molecule has 0 atom stereocenters. The maximum Gasteiger partial charge on any atom is 0.673 e. The van der Waals surface area contributed by atoms with Crippen LogP contribution in [0.4, 0.5) is 17.3 Å². The van der Waals surface area contributed by atoms with E-state index in [0.717, 1.165) is 5.02 Å². The Morgan fingerprint density at radius 1 is 1.00 bits per heavy atom. The fourth-order valence-electron chi connectivity index (χ4n) is 2.00. The lowest BCUT2D eigenvalue weighted by Gasteiger charge is -1.94. The molecule has 0 saturated heterocycles. The average Bonchev–Trinajstić information content (AvgIpc) is 2.75. The highest BCUT2D eigenvalue weighted by molar-refractivity contribution is 7.07. The summed E-state index contributed by atoms with van der Waals surface area (Å²) in [7, 11) is -3.92. The normalized spacial score (nSPS) is 11.2. The summed E-state index contributed by atoms with van der Waals surface area (Å²) in [6.07, 6.45) is 0. The summed E-state index contributed by atoms with van der Waals surface area (Å²) in [5.41, 5.74) is 2.46. The molecule has 3 aromatic rings. The van der Waals surface area contributed by atoms with Crippen LogP contribution in [-0.4, -0.2) is 7.25 Å². The minimum Gasteiger partial charge on any atom is -0.418 e. The SMILES string of the molecule is C[n+]1sc(-c2ccccc2)c2cc(Cl)ccc21.F[B-](F)(F)F. The lowest BCUT2D eigenvalue weighted by molar-refractivity contribution is -0.573. The lowest BCUT2D eigenvalue weighted by atomic mass is 10.1. The van der Waals surface area contributed by atoms with E-state index in [-0.39, 0.29) is 0 Å². The van der Waals surface area contributed by atoms with E-state index >= 15 is 0 Å². The third-order valence-electron chi connectivity index (χ3n) is 2.81. The minimum absolute atomic E-state index is 0.785. The number of aryl methyl sites for hydroxylation is 1. The number of hydrogen-bond donors (Lipinski definition) is 0. The number of nitrogens with zero attached hydrogens (tertiary/aromatic N) is 1. The first-order valence-electron chi connectivity index (χ1n) is 6.27. The fourth-order valence-corrected chi connectivity index (χ4v) is 3.20. The molecule has 0 aliphatic heterocycles. The molecule has 1 aromatic heterocycles. The van der Waals surface area contributed by atoms with E-state index in [4.69, 9.17) is 11.6 Å². The molecule has 8 heteroatoms. The highest BCUT2D eigenvalue weighted by atomic mass is 35.5. The van der Waals surface area contributed by atoms with Crippen molar-refractivity contribution >= 4 is 41.3 Å². The molecule has 0 aliphatic rings. The van der Waals surface area contributed by atoms with Crippen molar-refractivity contribution in [1.29, 1.82) is 0 Å². The molecule has 0 N–H and O–H groups in total. The zero-order chi connectivity index (χ0) is 16.3. The Kier molecular flexibility index (Phi) is 5.08. The molecule has 0 spiro atoms. The Labute approximate surface area is 134 Å². The number of rotatable bonds is 1. The lowest BCUT2D eigenvalue weighted by Crippen LogP contribution is -2.21. The van der Waals surface area contributed by atoms with E-state index in [9.17, 15) is 17.3 Å². The van der Waals surface area contributed by atoms with Gasteiger partial charge in [-0.2, -0.15) is 0 Å². The Morgan fingerprint density at radius 3 is 2.18 bits per heavy atom. The summed E-state index contributed by atoms with van der Waals surface area (Å²) in [6, 6.07) is 16.5. The first-order chi connectivity index (χ1) is 10.3. The summed E-state index contributed by atoms with van der Waals surface area (Å²) < 4.78 is 41.2. The Balaban J connectivity index is 0.000000309. The molecule has 0 bridgehead atoms. The van der Waals surface area contributed by atoms with E-state index in [1.807, 2.05) is 18.2 Å². The first kappa shape index (κ1) is 16.8. The Bertz CT molecular complexity index is 768. The van der Waals surface area contributed by atoms with Crippen molar-refractivity contribution in [3.05, 3.63) is 53.6 Å². The molecule has 0 aliphatic carbocycles. The van der Waals surface area contributed by atoms with Gasteiger partial charge in [0.05, 0.1) is 5.39 Å². The van der Waals surface area contributed by atoms with Crippen molar-refractivity contribution < 1.29 is 21.2 Å². The van der Waals surface area contributed by atoms with Gasteiger partial charge in [-0.15, -0.1) is 3.96 Å². The number of aromatic nitrogens is 1. The number of benzene rings is 2. The van der Waals surface area contributed by atoms with Gasteiger partial charge in [0.15, 0.2) is 7.05 Å². The highest BCUT2D eigenvalue weighted by Gasteiger charge is 2.20. The van der Waals surface area contributed by atoms with Crippen LogP contribution in [-0.2, 0) is 7.05 Å². The monoisotopic (exact) mass is 347 g/mol. The third-order valence-corrected chi connectivity index (χ3v) is 4.15. The highest BCUT2D eigenvalue weighted by Crippen LogP contribution is 2.32. The van der Waals surface area contributed by atoms with Crippen LogP contribution < -0.4 is 3.96 Å². The van der Waals surface area contributed by atoms with Gasteiger partial charge in [0.1, 0.15) is 16.4 Å². The average molecular weight is 348 g/mol. The van der Waals surface area contributed by atoms with Gasteiger partial charge in [-0.3, -0.25) is 0 Å². The van der Waals surface area contributed by atoms with Gasteiger partial charge in [0.25, 0.3) is 0 Å². The van der Waals surface area contributed by atoms with Crippen LogP contribution in [0.2, 0.25) is 5.02 Å². The molecule has 0 amide bonds. The van der Waals surface area contributed by atoms with E-state index in [1.165, 1.54) is 21.3 Å². The third kappa shape index (κ3) is 4.45. The van der Waals surface area contributed by atoms with Crippen LogP contribution >= 0.6 is 23.1 Å².